The highest BCUT2D eigenvalue weighted by molar-refractivity contribution is 5.75. The minimum absolute atomic E-state index is 0.686. The van der Waals surface area contributed by atoms with Crippen LogP contribution in [0.5, 0.6) is 0 Å². The molecular weight excluding hydrogens is 200 g/mol. The molecule has 1 heterocycles. The lowest BCUT2D eigenvalue weighted by molar-refractivity contribution is 0.112. The molecule has 0 atom stereocenters. The number of rotatable bonds is 2. The summed E-state index contributed by atoms with van der Waals surface area (Å²) in [6, 6.07) is 7.37. The second kappa shape index (κ2) is 5.85. The lowest BCUT2D eigenvalue weighted by Gasteiger charge is -2.00. The van der Waals surface area contributed by atoms with Gasteiger partial charge in [-0.2, -0.15) is 0 Å². The van der Waals surface area contributed by atoms with Crippen molar-refractivity contribution in [1.29, 1.82) is 0 Å². The lowest BCUT2D eigenvalue weighted by Crippen LogP contribution is -1.89. The fourth-order valence-corrected chi connectivity index (χ4v) is 1.29. The van der Waals surface area contributed by atoms with E-state index < -0.39 is 0 Å². The predicted octanol–water partition coefficient (Wildman–Crippen LogP) is 3.02. The molecule has 84 valence electrons. The van der Waals surface area contributed by atoms with Crippen LogP contribution in [0.4, 0.5) is 0 Å². The number of hydrogen-bond acceptors (Lipinski definition) is 2. The first kappa shape index (κ1) is 12.2. The van der Waals surface area contributed by atoms with Gasteiger partial charge in [-0.25, -0.2) is 4.98 Å². The first-order valence-corrected chi connectivity index (χ1v) is 5.36. The molecule has 0 N–H and O–H groups in total. The topological polar surface area (TPSA) is 34.9 Å². The van der Waals surface area contributed by atoms with E-state index >= 15 is 0 Å². The smallest absolute Gasteiger partial charge is 0.150 e. The Morgan fingerprint density at radius 3 is 2.25 bits per heavy atom. The summed E-state index contributed by atoms with van der Waals surface area (Å²) in [5.41, 5.74) is 2.67. The van der Waals surface area contributed by atoms with Gasteiger partial charge in [0, 0.05) is 17.4 Å². The van der Waals surface area contributed by atoms with Gasteiger partial charge in [0.2, 0.25) is 0 Å². The number of aldehydes is 1. The van der Waals surface area contributed by atoms with Crippen LogP contribution in [0, 0.1) is 6.92 Å². The van der Waals surface area contributed by atoms with E-state index in [-0.39, 0.29) is 0 Å². The minimum Gasteiger partial charge on any atom is -0.306 e. The zero-order chi connectivity index (χ0) is 12.0. The molecule has 2 aromatic rings. The second-order valence-corrected chi connectivity index (χ2v) is 3.13. The Hall–Kier alpha value is -1.90. The fourth-order valence-electron chi connectivity index (χ4n) is 1.29. The third-order valence-corrected chi connectivity index (χ3v) is 2.04. The van der Waals surface area contributed by atoms with Crippen LogP contribution in [0.2, 0.25) is 0 Å². The number of benzene rings is 1. The van der Waals surface area contributed by atoms with E-state index in [2.05, 4.69) is 4.98 Å². The van der Waals surface area contributed by atoms with Crippen LogP contribution < -0.4 is 0 Å². The summed E-state index contributed by atoms with van der Waals surface area (Å²) in [6.07, 6.45) is 4.53. The highest BCUT2D eigenvalue weighted by Gasteiger charge is 1.97. The van der Waals surface area contributed by atoms with Gasteiger partial charge in [-0.05, 0) is 31.2 Å². The van der Waals surface area contributed by atoms with Gasteiger partial charge < -0.3 is 4.57 Å². The van der Waals surface area contributed by atoms with E-state index in [4.69, 9.17) is 0 Å². The summed E-state index contributed by atoms with van der Waals surface area (Å²) in [5.74, 6) is 0. The number of aromatic nitrogens is 2. The fraction of sp³-hybridized carbons (Fsp3) is 0.231. The third kappa shape index (κ3) is 2.79. The average molecular weight is 216 g/mol. The van der Waals surface area contributed by atoms with E-state index in [9.17, 15) is 4.79 Å². The third-order valence-electron chi connectivity index (χ3n) is 2.04. The molecule has 1 aromatic carbocycles. The predicted molar refractivity (Wildman–Crippen MR) is 65.0 cm³/mol. The van der Waals surface area contributed by atoms with Crippen molar-refractivity contribution in [2.24, 2.45) is 0 Å². The number of carbonyl (C=O) groups excluding carboxylic acids is 1. The van der Waals surface area contributed by atoms with Crippen molar-refractivity contribution < 1.29 is 4.79 Å². The van der Waals surface area contributed by atoms with Crippen molar-refractivity contribution in [3.8, 4) is 5.69 Å². The Labute approximate surface area is 95.8 Å². The van der Waals surface area contributed by atoms with E-state index in [0.717, 1.165) is 17.7 Å². The average Bonchev–Trinajstić information content (AvgIpc) is 2.79. The first-order chi connectivity index (χ1) is 7.79. The molecule has 0 amide bonds. The van der Waals surface area contributed by atoms with Gasteiger partial charge in [0.1, 0.15) is 6.29 Å². The summed E-state index contributed by atoms with van der Waals surface area (Å²) in [4.78, 5) is 14.6. The van der Waals surface area contributed by atoms with Gasteiger partial charge in [0.15, 0.2) is 0 Å². The molecule has 0 unspecified atom stereocenters. The zero-order valence-electron chi connectivity index (χ0n) is 9.84. The summed E-state index contributed by atoms with van der Waals surface area (Å²) < 4.78 is 1.92. The monoisotopic (exact) mass is 216 g/mol. The van der Waals surface area contributed by atoms with Crippen molar-refractivity contribution in [2.75, 3.05) is 0 Å². The molecule has 0 saturated heterocycles. The van der Waals surface area contributed by atoms with Crippen LogP contribution in [0.3, 0.4) is 0 Å². The number of nitrogens with zero attached hydrogens (tertiary/aromatic N) is 2. The Kier molecular flexibility index (Phi) is 4.45. The Balaban J connectivity index is 0.000000606. The molecule has 1 aromatic heterocycles. The molecule has 3 nitrogen and oxygen atoms in total. The lowest BCUT2D eigenvalue weighted by atomic mass is 10.2. The molecule has 3 heteroatoms. The van der Waals surface area contributed by atoms with E-state index in [1.54, 1.807) is 18.5 Å². The Morgan fingerprint density at radius 2 is 1.81 bits per heavy atom. The Bertz CT molecular complexity index is 443. The zero-order valence-corrected chi connectivity index (χ0v) is 9.84. The Morgan fingerprint density at radius 1 is 1.19 bits per heavy atom. The second-order valence-electron chi connectivity index (χ2n) is 3.13. The maximum absolute atomic E-state index is 10.4. The number of hydrogen-bond donors (Lipinski definition) is 0. The van der Waals surface area contributed by atoms with Crippen LogP contribution in [-0.2, 0) is 0 Å². The molecule has 16 heavy (non-hydrogen) atoms. The van der Waals surface area contributed by atoms with E-state index in [1.807, 2.05) is 43.7 Å². The molecule has 2 rings (SSSR count). The summed E-state index contributed by atoms with van der Waals surface area (Å²) in [5, 5.41) is 0. The van der Waals surface area contributed by atoms with Crippen LogP contribution in [0.15, 0.2) is 36.8 Å². The maximum atomic E-state index is 10.4. The highest BCUT2D eigenvalue weighted by atomic mass is 16.1. The van der Waals surface area contributed by atoms with Gasteiger partial charge in [0.25, 0.3) is 0 Å². The van der Waals surface area contributed by atoms with Gasteiger partial charge in [-0.3, -0.25) is 4.79 Å². The largest absolute Gasteiger partial charge is 0.306 e. The van der Waals surface area contributed by atoms with Crippen molar-refractivity contribution in [1.82, 2.24) is 9.55 Å². The van der Waals surface area contributed by atoms with Gasteiger partial charge in [0.05, 0.1) is 12.0 Å². The summed E-state index contributed by atoms with van der Waals surface area (Å²) >= 11 is 0. The highest BCUT2D eigenvalue weighted by Crippen LogP contribution is 2.09. The molecule has 0 aliphatic carbocycles. The van der Waals surface area contributed by atoms with Crippen molar-refractivity contribution in [3.63, 3.8) is 0 Å². The van der Waals surface area contributed by atoms with Crippen molar-refractivity contribution in [2.45, 2.75) is 20.8 Å². The van der Waals surface area contributed by atoms with Crippen LogP contribution in [-0.4, -0.2) is 15.8 Å². The summed E-state index contributed by atoms with van der Waals surface area (Å²) in [7, 11) is 0. The standard InChI is InChI=1S/C11H10N2O.C2H6/c1-9-6-13(8-12-9)11-4-2-10(7-14)3-5-11;1-2/h2-8H,1H3;1-2H3. The molecule has 0 radical (unpaired) electrons. The number of imidazole rings is 1. The van der Waals surface area contributed by atoms with Crippen molar-refractivity contribution >= 4 is 6.29 Å². The maximum Gasteiger partial charge on any atom is 0.150 e. The number of carbonyl (C=O) groups is 1. The number of aryl methyl sites for hydroxylation is 1. The van der Waals surface area contributed by atoms with E-state index in [1.165, 1.54) is 0 Å². The van der Waals surface area contributed by atoms with Crippen LogP contribution >= 0.6 is 0 Å². The minimum atomic E-state index is 0.686. The molecular formula is C13H16N2O. The normalized spacial score (nSPS) is 9.19. The molecule has 0 fully saturated rings. The van der Waals surface area contributed by atoms with Crippen LogP contribution in [0.1, 0.15) is 29.9 Å². The van der Waals surface area contributed by atoms with Gasteiger partial charge in [-0.1, -0.05) is 13.8 Å². The molecule has 0 bridgehead atoms. The molecule has 0 aliphatic heterocycles. The van der Waals surface area contributed by atoms with Crippen molar-refractivity contribution in [3.05, 3.63) is 48.0 Å². The molecule has 0 aliphatic rings. The quantitative estimate of drug-likeness (QED) is 0.723. The van der Waals surface area contributed by atoms with Gasteiger partial charge in [-0.15, -0.1) is 0 Å². The molecule has 0 spiro atoms. The van der Waals surface area contributed by atoms with E-state index in [0.29, 0.717) is 5.56 Å². The first-order valence-electron chi connectivity index (χ1n) is 5.36. The van der Waals surface area contributed by atoms with Gasteiger partial charge >= 0.3 is 0 Å². The van der Waals surface area contributed by atoms with Crippen LogP contribution in [0.25, 0.3) is 5.69 Å². The molecule has 0 saturated carbocycles. The SMILES string of the molecule is CC.Cc1cn(-c2ccc(C=O)cc2)cn1. The summed E-state index contributed by atoms with van der Waals surface area (Å²) in [6.45, 7) is 5.94.